The molecule has 2 aromatic carbocycles. The summed E-state index contributed by atoms with van der Waals surface area (Å²) < 4.78 is 11.6. The van der Waals surface area contributed by atoms with Crippen LogP contribution in [0.4, 0.5) is 5.13 Å². The van der Waals surface area contributed by atoms with Gasteiger partial charge in [-0.15, -0.1) is 0 Å². The van der Waals surface area contributed by atoms with Gasteiger partial charge in [0, 0.05) is 23.4 Å². The molecule has 4 rings (SSSR count). The van der Waals surface area contributed by atoms with Gasteiger partial charge in [-0.1, -0.05) is 23.5 Å². The summed E-state index contributed by atoms with van der Waals surface area (Å²) in [6, 6.07) is 13.1. The van der Waals surface area contributed by atoms with Crippen molar-refractivity contribution in [1.29, 1.82) is 0 Å². The van der Waals surface area contributed by atoms with Crippen molar-refractivity contribution in [1.82, 2.24) is 4.98 Å². The quantitative estimate of drug-likeness (QED) is 0.511. The SMILES string of the molecule is COc1ccc2c(C)c(CCC(=O)Nc3nc4ccccc4s3)c(=O)oc2c1. The van der Waals surface area contributed by atoms with Crippen LogP contribution < -0.4 is 15.7 Å². The summed E-state index contributed by atoms with van der Waals surface area (Å²) in [5, 5.41) is 4.20. The molecular formula is C21H18N2O4S. The molecule has 6 nitrogen and oxygen atoms in total. The molecule has 0 aliphatic heterocycles. The number of carbonyl (C=O) groups is 1. The van der Waals surface area contributed by atoms with E-state index in [0.29, 0.717) is 28.4 Å². The van der Waals surface area contributed by atoms with E-state index in [0.717, 1.165) is 21.2 Å². The molecule has 28 heavy (non-hydrogen) atoms. The number of fused-ring (bicyclic) bond motifs is 2. The van der Waals surface area contributed by atoms with Crippen molar-refractivity contribution in [3.05, 3.63) is 64.0 Å². The van der Waals surface area contributed by atoms with Crippen LogP contribution in [0.3, 0.4) is 0 Å². The van der Waals surface area contributed by atoms with Crippen molar-refractivity contribution in [2.45, 2.75) is 19.8 Å². The van der Waals surface area contributed by atoms with Crippen molar-refractivity contribution >= 4 is 43.6 Å². The van der Waals surface area contributed by atoms with E-state index in [9.17, 15) is 9.59 Å². The zero-order valence-corrected chi connectivity index (χ0v) is 16.3. The number of nitrogens with one attached hydrogen (secondary N) is 1. The highest BCUT2D eigenvalue weighted by atomic mass is 32.1. The molecule has 1 amide bonds. The molecule has 0 unspecified atom stereocenters. The van der Waals surface area contributed by atoms with E-state index in [4.69, 9.17) is 9.15 Å². The first kappa shape index (κ1) is 18.2. The second-order valence-corrected chi connectivity index (χ2v) is 7.42. The van der Waals surface area contributed by atoms with Gasteiger partial charge in [0.25, 0.3) is 0 Å². The molecule has 2 aromatic heterocycles. The Morgan fingerprint density at radius 2 is 2.07 bits per heavy atom. The molecule has 0 spiro atoms. The van der Waals surface area contributed by atoms with Crippen LogP contribution in [0.25, 0.3) is 21.2 Å². The number of hydrogen-bond donors (Lipinski definition) is 1. The van der Waals surface area contributed by atoms with E-state index >= 15 is 0 Å². The van der Waals surface area contributed by atoms with Crippen LogP contribution in [0.1, 0.15) is 17.5 Å². The van der Waals surface area contributed by atoms with Gasteiger partial charge >= 0.3 is 5.63 Å². The third-order valence-electron chi connectivity index (χ3n) is 4.64. The lowest BCUT2D eigenvalue weighted by molar-refractivity contribution is -0.116. The fourth-order valence-corrected chi connectivity index (χ4v) is 4.02. The van der Waals surface area contributed by atoms with Crippen LogP contribution in [0.2, 0.25) is 0 Å². The average molecular weight is 394 g/mol. The summed E-state index contributed by atoms with van der Waals surface area (Å²) in [5.74, 6) is 0.436. The minimum absolute atomic E-state index is 0.170. The Hall–Kier alpha value is -3.19. The number of ether oxygens (including phenoxy) is 1. The number of nitrogens with zero attached hydrogens (tertiary/aromatic N) is 1. The fourth-order valence-electron chi connectivity index (χ4n) is 3.14. The number of hydrogen-bond acceptors (Lipinski definition) is 6. The lowest BCUT2D eigenvalue weighted by Crippen LogP contribution is -2.16. The first-order valence-electron chi connectivity index (χ1n) is 8.81. The highest BCUT2D eigenvalue weighted by Crippen LogP contribution is 2.26. The van der Waals surface area contributed by atoms with Crippen LogP contribution in [0.5, 0.6) is 5.75 Å². The number of methoxy groups -OCH3 is 1. The second-order valence-electron chi connectivity index (χ2n) is 6.39. The number of rotatable bonds is 5. The number of amides is 1. The summed E-state index contributed by atoms with van der Waals surface area (Å²) in [7, 11) is 1.56. The van der Waals surface area contributed by atoms with Gasteiger partial charge in [-0.3, -0.25) is 4.79 Å². The number of anilines is 1. The van der Waals surface area contributed by atoms with Crippen molar-refractivity contribution < 1.29 is 13.9 Å². The van der Waals surface area contributed by atoms with E-state index < -0.39 is 5.63 Å². The maximum absolute atomic E-state index is 12.4. The molecule has 1 N–H and O–H groups in total. The maximum Gasteiger partial charge on any atom is 0.339 e. The molecule has 7 heteroatoms. The van der Waals surface area contributed by atoms with Gasteiger partial charge in [0.2, 0.25) is 5.91 Å². The Kier molecular flexibility index (Phi) is 4.83. The third-order valence-corrected chi connectivity index (χ3v) is 5.59. The molecule has 0 radical (unpaired) electrons. The number of aromatic nitrogens is 1. The molecule has 0 fully saturated rings. The monoisotopic (exact) mass is 394 g/mol. The third kappa shape index (κ3) is 3.48. The van der Waals surface area contributed by atoms with Gasteiger partial charge in [-0.25, -0.2) is 9.78 Å². The molecule has 4 aromatic rings. The van der Waals surface area contributed by atoms with Gasteiger partial charge in [-0.05, 0) is 43.2 Å². The molecular weight excluding hydrogens is 376 g/mol. The molecule has 0 aliphatic rings. The normalized spacial score (nSPS) is 11.1. The average Bonchev–Trinajstić information content (AvgIpc) is 3.09. The van der Waals surface area contributed by atoms with Crippen LogP contribution in [0, 0.1) is 6.92 Å². The second kappa shape index (κ2) is 7.44. The minimum atomic E-state index is -0.425. The number of aryl methyl sites for hydroxylation is 1. The van der Waals surface area contributed by atoms with Crippen LogP contribution in [-0.4, -0.2) is 18.0 Å². The first-order valence-corrected chi connectivity index (χ1v) is 9.62. The summed E-state index contributed by atoms with van der Waals surface area (Å²) in [4.78, 5) is 29.1. The summed E-state index contributed by atoms with van der Waals surface area (Å²) in [5.41, 5.74) is 2.23. The Balaban J connectivity index is 1.51. The fraction of sp³-hybridized carbons (Fsp3) is 0.190. The highest BCUT2D eigenvalue weighted by Gasteiger charge is 2.14. The minimum Gasteiger partial charge on any atom is -0.497 e. The predicted molar refractivity (Wildman–Crippen MR) is 110 cm³/mol. The number of benzene rings is 2. The summed E-state index contributed by atoms with van der Waals surface area (Å²) in [6.07, 6.45) is 0.468. The molecule has 0 saturated carbocycles. The first-order chi connectivity index (χ1) is 13.5. The van der Waals surface area contributed by atoms with Crippen molar-refractivity contribution in [2.75, 3.05) is 12.4 Å². The predicted octanol–water partition coefficient (Wildman–Crippen LogP) is 4.29. The van der Waals surface area contributed by atoms with Gasteiger partial charge in [0.1, 0.15) is 11.3 Å². The van der Waals surface area contributed by atoms with Crippen LogP contribution in [-0.2, 0) is 11.2 Å². The van der Waals surface area contributed by atoms with Gasteiger partial charge < -0.3 is 14.5 Å². The van der Waals surface area contributed by atoms with E-state index in [1.165, 1.54) is 11.3 Å². The van der Waals surface area contributed by atoms with Crippen molar-refractivity contribution in [3.8, 4) is 5.75 Å². The zero-order valence-electron chi connectivity index (χ0n) is 15.4. The van der Waals surface area contributed by atoms with Gasteiger partial charge in [0.05, 0.1) is 17.3 Å². The van der Waals surface area contributed by atoms with Gasteiger partial charge in [0.15, 0.2) is 5.13 Å². The van der Waals surface area contributed by atoms with Crippen LogP contribution >= 0.6 is 11.3 Å². The Labute approximate surface area is 164 Å². The largest absolute Gasteiger partial charge is 0.497 e. The van der Waals surface area contributed by atoms with E-state index in [1.807, 2.05) is 43.3 Å². The topological polar surface area (TPSA) is 81.4 Å². The zero-order chi connectivity index (χ0) is 19.7. The van der Waals surface area contributed by atoms with Crippen LogP contribution in [0.15, 0.2) is 51.7 Å². The Morgan fingerprint density at radius 1 is 1.25 bits per heavy atom. The molecule has 0 aliphatic carbocycles. The maximum atomic E-state index is 12.4. The standard InChI is InChI=1S/C21H18N2O4S/c1-12-14-8-7-13(26-2)11-17(14)27-20(25)15(12)9-10-19(24)23-21-22-16-5-3-4-6-18(16)28-21/h3-8,11H,9-10H2,1-2H3,(H,22,23,24). The Morgan fingerprint density at radius 3 is 2.86 bits per heavy atom. The Bertz CT molecular complexity index is 1210. The molecule has 142 valence electrons. The van der Waals surface area contributed by atoms with E-state index in [-0.39, 0.29) is 12.3 Å². The summed E-state index contributed by atoms with van der Waals surface area (Å²) >= 11 is 1.42. The molecule has 0 bridgehead atoms. The smallest absolute Gasteiger partial charge is 0.339 e. The molecule has 2 heterocycles. The molecule has 0 atom stereocenters. The number of thiazole rings is 1. The molecule has 0 saturated heterocycles. The van der Waals surface area contributed by atoms with Gasteiger partial charge in [-0.2, -0.15) is 0 Å². The van der Waals surface area contributed by atoms with E-state index in [1.54, 1.807) is 13.2 Å². The van der Waals surface area contributed by atoms with Crippen molar-refractivity contribution in [3.63, 3.8) is 0 Å². The summed E-state index contributed by atoms with van der Waals surface area (Å²) in [6.45, 7) is 1.87. The number of carbonyl (C=O) groups excluding carboxylic acids is 1. The lowest BCUT2D eigenvalue weighted by Gasteiger charge is -2.08. The van der Waals surface area contributed by atoms with E-state index in [2.05, 4.69) is 10.3 Å². The van der Waals surface area contributed by atoms with Crippen molar-refractivity contribution in [2.24, 2.45) is 0 Å². The lowest BCUT2D eigenvalue weighted by atomic mass is 10.0. The number of para-hydroxylation sites is 1. The highest BCUT2D eigenvalue weighted by molar-refractivity contribution is 7.22.